The Balaban J connectivity index is 1.37. The fourth-order valence-corrected chi connectivity index (χ4v) is 7.56. The third kappa shape index (κ3) is 5.24. The van der Waals surface area contributed by atoms with Crippen LogP contribution in [-0.4, -0.2) is 0 Å². The summed E-state index contributed by atoms with van der Waals surface area (Å²) in [5.41, 5.74) is 5.11. The van der Waals surface area contributed by atoms with Crippen LogP contribution in [-0.2, 0) is 10.8 Å². The molecular weight excluding hydrogens is 481 g/mol. The SMILES string of the molecule is CC(C)(C)c1ccc(C#Cc2cc3sc4cc(C#Cc5ccc(C(C)(C)C)cc5)sc4c3s2)cc1. The van der Waals surface area contributed by atoms with Crippen LogP contribution in [0.15, 0.2) is 60.7 Å². The monoisotopic (exact) mass is 508 g/mol. The highest BCUT2D eigenvalue weighted by Gasteiger charge is 2.14. The summed E-state index contributed by atoms with van der Waals surface area (Å²) in [6, 6.07) is 21.7. The number of fused-ring (bicyclic) bond motifs is 3. The largest absolute Gasteiger partial charge is 0.133 e. The van der Waals surface area contributed by atoms with E-state index in [9.17, 15) is 0 Å². The second-order valence-corrected chi connectivity index (χ2v) is 14.1. The number of hydrogen-bond acceptors (Lipinski definition) is 3. The van der Waals surface area contributed by atoms with E-state index in [1.807, 2.05) is 11.3 Å². The molecule has 0 aliphatic heterocycles. The molecule has 3 heteroatoms. The van der Waals surface area contributed by atoms with Crippen LogP contribution >= 0.6 is 34.0 Å². The molecule has 0 aliphatic carbocycles. The van der Waals surface area contributed by atoms with E-state index in [0.717, 1.165) is 20.9 Å². The summed E-state index contributed by atoms with van der Waals surface area (Å²) in [5.74, 6) is 13.4. The molecule has 0 unspecified atom stereocenters. The molecule has 0 aliphatic rings. The fourth-order valence-electron chi connectivity index (χ4n) is 3.83. The quantitative estimate of drug-likeness (QED) is 0.183. The summed E-state index contributed by atoms with van der Waals surface area (Å²) < 4.78 is 5.32. The molecule has 0 saturated heterocycles. The van der Waals surface area contributed by atoms with Gasteiger partial charge < -0.3 is 0 Å². The van der Waals surface area contributed by atoms with E-state index in [2.05, 4.69) is 126 Å². The van der Waals surface area contributed by atoms with Gasteiger partial charge in [0.25, 0.3) is 0 Å². The highest BCUT2D eigenvalue weighted by molar-refractivity contribution is 7.38. The molecule has 5 rings (SSSR count). The minimum Gasteiger partial charge on any atom is -0.133 e. The first kappa shape index (κ1) is 23.9. The van der Waals surface area contributed by atoms with Crippen molar-refractivity contribution < 1.29 is 0 Å². The average molecular weight is 509 g/mol. The lowest BCUT2D eigenvalue weighted by Crippen LogP contribution is -2.10. The molecule has 0 amide bonds. The summed E-state index contributed by atoms with van der Waals surface area (Å²) >= 11 is 5.42. The number of thiophene rings is 3. The van der Waals surface area contributed by atoms with Gasteiger partial charge in [-0.05, 0) is 58.4 Å². The zero-order valence-corrected chi connectivity index (χ0v) is 23.4. The van der Waals surface area contributed by atoms with Gasteiger partial charge in [0, 0.05) is 20.5 Å². The van der Waals surface area contributed by atoms with Gasteiger partial charge in [-0.3, -0.25) is 0 Å². The van der Waals surface area contributed by atoms with Gasteiger partial charge in [-0.15, -0.1) is 34.0 Å². The summed E-state index contributed by atoms with van der Waals surface area (Å²) in [7, 11) is 0. The minimum absolute atomic E-state index is 0.163. The van der Waals surface area contributed by atoms with Crippen molar-refractivity contribution in [3.05, 3.63) is 92.7 Å². The van der Waals surface area contributed by atoms with Crippen molar-refractivity contribution in [1.29, 1.82) is 0 Å². The van der Waals surface area contributed by atoms with E-state index >= 15 is 0 Å². The number of hydrogen-bond donors (Lipinski definition) is 0. The Labute approximate surface area is 220 Å². The molecule has 0 fully saturated rings. The van der Waals surface area contributed by atoms with Gasteiger partial charge in [0.15, 0.2) is 0 Å². The van der Waals surface area contributed by atoms with Crippen LogP contribution in [0.2, 0.25) is 0 Å². The predicted molar refractivity (Wildman–Crippen MR) is 157 cm³/mol. The van der Waals surface area contributed by atoms with E-state index in [1.54, 1.807) is 22.7 Å². The van der Waals surface area contributed by atoms with Crippen molar-refractivity contribution in [3.63, 3.8) is 0 Å². The van der Waals surface area contributed by atoms with Crippen LogP contribution in [0.25, 0.3) is 18.8 Å². The smallest absolute Gasteiger partial charge is 0.0793 e. The van der Waals surface area contributed by atoms with Crippen molar-refractivity contribution in [2.24, 2.45) is 0 Å². The number of rotatable bonds is 0. The topological polar surface area (TPSA) is 0 Å². The molecular formula is C32H28S3. The van der Waals surface area contributed by atoms with Crippen LogP contribution in [0, 0.1) is 23.7 Å². The maximum Gasteiger partial charge on any atom is 0.0793 e. The Kier molecular flexibility index (Phi) is 6.14. The Hall–Kier alpha value is -2.82. The minimum atomic E-state index is 0.163. The maximum absolute atomic E-state index is 3.38. The van der Waals surface area contributed by atoms with Crippen molar-refractivity contribution >= 4 is 52.8 Å². The summed E-state index contributed by atoms with van der Waals surface area (Å²) in [4.78, 5) is 2.24. The number of benzene rings is 2. The normalized spacial score (nSPS) is 11.8. The van der Waals surface area contributed by atoms with E-state index in [1.165, 1.54) is 29.9 Å². The molecule has 0 N–H and O–H groups in total. The van der Waals surface area contributed by atoms with Crippen LogP contribution < -0.4 is 0 Å². The van der Waals surface area contributed by atoms with Crippen LogP contribution in [0.1, 0.15) is 73.6 Å². The van der Waals surface area contributed by atoms with Crippen LogP contribution in [0.4, 0.5) is 0 Å². The predicted octanol–water partition coefficient (Wildman–Crippen LogP) is 9.57. The van der Waals surface area contributed by atoms with Crippen molar-refractivity contribution in [1.82, 2.24) is 0 Å². The van der Waals surface area contributed by atoms with Gasteiger partial charge in [-0.1, -0.05) is 89.5 Å². The molecule has 0 atom stereocenters. The van der Waals surface area contributed by atoms with Crippen molar-refractivity contribution in [3.8, 4) is 23.7 Å². The van der Waals surface area contributed by atoms with E-state index < -0.39 is 0 Å². The Morgan fingerprint density at radius 2 is 0.857 bits per heavy atom. The Bertz CT molecular complexity index is 1510. The first-order valence-electron chi connectivity index (χ1n) is 11.8. The lowest BCUT2D eigenvalue weighted by Gasteiger charge is -2.18. The molecule has 2 aromatic carbocycles. The Morgan fingerprint density at radius 3 is 1.20 bits per heavy atom. The first-order valence-corrected chi connectivity index (χ1v) is 14.2. The maximum atomic E-state index is 3.38. The van der Waals surface area contributed by atoms with Crippen molar-refractivity contribution in [2.75, 3.05) is 0 Å². The van der Waals surface area contributed by atoms with Gasteiger partial charge >= 0.3 is 0 Å². The average Bonchev–Trinajstić information content (AvgIpc) is 3.46. The molecule has 0 radical (unpaired) electrons. The summed E-state index contributed by atoms with van der Waals surface area (Å²) in [6.45, 7) is 13.4. The van der Waals surface area contributed by atoms with E-state index in [0.29, 0.717) is 0 Å². The van der Waals surface area contributed by atoms with Gasteiger partial charge in [0.05, 0.1) is 19.2 Å². The highest BCUT2D eigenvalue weighted by Crippen LogP contribution is 2.43. The molecule has 0 bridgehead atoms. The molecule has 3 heterocycles. The molecule has 0 saturated carbocycles. The molecule has 5 aromatic rings. The van der Waals surface area contributed by atoms with Gasteiger partial charge in [0.2, 0.25) is 0 Å². The molecule has 0 spiro atoms. The third-order valence-corrected chi connectivity index (χ3v) is 9.59. The zero-order chi connectivity index (χ0) is 24.8. The molecule has 174 valence electrons. The van der Waals surface area contributed by atoms with Gasteiger partial charge in [0.1, 0.15) is 0 Å². The van der Waals surface area contributed by atoms with Gasteiger partial charge in [-0.2, -0.15) is 0 Å². The lowest BCUT2D eigenvalue weighted by atomic mass is 9.87. The summed E-state index contributed by atoms with van der Waals surface area (Å²) in [5, 5.41) is 0. The Morgan fingerprint density at radius 1 is 0.486 bits per heavy atom. The third-order valence-electron chi connectivity index (χ3n) is 5.98. The molecule has 0 nitrogen and oxygen atoms in total. The van der Waals surface area contributed by atoms with E-state index in [4.69, 9.17) is 0 Å². The standard InChI is InChI=1S/C32H28S3/c1-31(2,3)23-13-7-21(8-14-23)11-17-25-19-27-29(33-25)30-28(35-27)20-26(34-30)18-12-22-9-15-24(16-10-22)32(4,5)6/h7-10,13-16,19-20H,1-6H3. The fraction of sp³-hybridized carbons (Fsp3) is 0.250. The second-order valence-electron chi connectivity index (χ2n) is 10.9. The van der Waals surface area contributed by atoms with E-state index in [-0.39, 0.29) is 10.8 Å². The van der Waals surface area contributed by atoms with Crippen LogP contribution in [0.5, 0.6) is 0 Å². The van der Waals surface area contributed by atoms with Crippen LogP contribution in [0.3, 0.4) is 0 Å². The summed E-state index contributed by atoms with van der Waals surface area (Å²) in [6.07, 6.45) is 0. The molecule has 3 aromatic heterocycles. The highest BCUT2D eigenvalue weighted by atomic mass is 32.1. The lowest BCUT2D eigenvalue weighted by molar-refractivity contribution is 0.590. The van der Waals surface area contributed by atoms with Gasteiger partial charge in [-0.25, -0.2) is 0 Å². The first-order chi connectivity index (χ1) is 16.6. The van der Waals surface area contributed by atoms with Crippen molar-refractivity contribution in [2.45, 2.75) is 52.4 Å². The zero-order valence-electron chi connectivity index (χ0n) is 21.0. The molecule has 35 heavy (non-hydrogen) atoms. The second kappa shape index (κ2) is 9.00.